The molecule has 0 aliphatic heterocycles. The maximum atomic E-state index is 6.04. The van der Waals surface area contributed by atoms with E-state index in [2.05, 4.69) is 58.0 Å². The van der Waals surface area contributed by atoms with Crippen molar-refractivity contribution in [2.45, 2.75) is 51.4 Å². The normalized spacial score (nSPS) is 19.1. The van der Waals surface area contributed by atoms with Crippen LogP contribution in [0.4, 0.5) is 0 Å². The lowest BCUT2D eigenvalue weighted by atomic mass is 9.61. The van der Waals surface area contributed by atoms with Crippen molar-refractivity contribution in [3.05, 3.63) is 58.6 Å². The van der Waals surface area contributed by atoms with E-state index in [0.717, 1.165) is 5.02 Å². The molecule has 2 aromatic rings. The monoisotopic (exact) mass is 298 g/mol. The summed E-state index contributed by atoms with van der Waals surface area (Å²) in [4.78, 5) is 0. The van der Waals surface area contributed by atoms with Crippen LogP contribution in [0.15, 0.2) is 42.5 Å². The van der Waals surface area contributed by atoms with Gasteiger partial charge in [0.05, 0.1) is 0 Å². The van der Waals surface area contributed by atoms with Crippen LogP contribution in [0.1, 0.15) is 51.7 Å². The smallest absolute Gasteiger partial charge is 0.0406 e. The third kappa shape index (κ3) is 2.51. The van der Waals surface area contributed by atoms with Crippen molar-refractivity contribution in [1.29, 1.82) is 0 Å². The van der Waals surface area contributed by atoms with Crippen LogP contribution >= 0.6 is 11.6 Å². The zero-order chi connectivity index (χ0) is 15.3. The van der Waals surface area contributed by atoms with Crippen molar-refractivity contribution in [2.24, 2.45) is 0 Å². The molecule has 110 valence electrons. The highest BCUT2D eigenvalue weighted by atomic mass is 35.5. The van der Waals surface area contributed by atoms with Crippen LogP contribution in [0.25, 0.3) is 11.1 Å². The van der Waals surface area contributed by atoms with Gasteiger partial charge in [-0.1, -0.05) is 69.6 Å². The summed E-state index contributed by atoms with van der Waals surface area (Å²) in [6.45, 7) is 9.49. The summed E-state index contributed by atoms with van der Waals surface area (Å²) in [5, 5.41) is 0.795. The summed E-state index contributed by atoms with van der Waals surface area (Å²) in [5.41, 5.74) is 6.13. The van der Waals surface area contributed by atoms with Crippen molar-refractivity contribution in [1.82, 2.24) is 0 Å². The molecule has 0 aromatic heterocycles. The largest absolute Gasteiger partial charge is 0.0843 e. The van der Waals surface area contributed by atoms with Gasteiger partial charge in [-0.25, -0.2) is 0 Å². The van der Waals surface area contributed by atoms with Crippen LogP contribution in [0.3, 0.4) is 0 Å². The van der Waals surface area contributed by atoms with Gasteiger partial charge < -0.3 is 0 Å². The molecular weight excluding hydrogens is 276 g/mol. The fraction of sp³-hybridized carbons (Fsp3) is 0.400. The molecule has 0 saturated heterocycles. The highest BCUT2D eigenvalue weighted by Gasteiger charge is 2.38. The van der Waals surface area contributed by atoms with Crippen molar-refractivity contribution in [2.75, 3.05) is 0 Å². The molecular formula is C20H23Cl. The Hall–Kier alpha value is -1.27. The summed E-state index contributed by atoms with van der Waals surface area (Å²) in [5.74, 6) is 0. The van der Waals surface area contributed by atoms with E-state index in [1.54, 1.807) is 0 Å². The Bertz CT molecular complexity index is 663. The van der Waals surface area contributed by atoms with Gasteiger partial charge in [0.25, 0.3) is 0 Å². The predicted molar refractivity (Wildman–Crippen MR) is 92.2 cm³/mol. The Balaban J connectivity index is 2.26. The first-order valence-corrected chi connectivity index (χ1v) is 8.09. The molecule has 2 aromatic carbocycles. The van der Waals surface area contributed by atoms with Crippen molar-refractivity contribution < 1.29 is 0 Å². The Morgan fingerprint density at radius 1 is 0.810 bits per heavy atom. The second-order valence-corrected chi connectivity index (χ2v) is 7.94. The van der Waals surface area contributed by atoms with Gasteiger partial charge >= 0.3 is 0 Å². The second-order valence-electron chi connectivity index (χ2n) is 7.50. The summed E-state index contributed by atoms with van der Waals surface area (Å²) < 4.78 is 0. The molecule has 1 aliphatic rings. The second kappa shape index (κ2) is 4.88. The molecule has 0 saturated carbocycles. The van der Waals surface area contributed by atoms with E-state index in [1.165, 1.54) is 35.1 Å². The molecule has 1 heteroatoms. The third-order valence-electron chi connectivity index (χ3n) is 5.00. The zero-order valence-electron chi connectivity index (χ0n) is 13.3. The molecule has 0 atom stereocenters. The predicted octanol–water partition coefficient (Wildman–Crippen LogP) is 6.36. The summed E-state index contributed by atoms with van der Waals surface area (Å²) in [6.07, 6.45) is 2.48. The van der Waals surface area contributed by atoms with Gasteiger partial charge in [0, 0.05) is 5.02 Å². The number of benzene rings is 2. The van der Waals surface area contributed by atoms with Crippen molar-refractivity contribution >= 4 is 11.6 Å². The number of halogens is 1. The van der Waals surface area contributed by atoms with Crippen LogP contribution in [0.5, 0.6) is 0 Å². The van der Waals surface area contributed by atoms with Crippen LogP contribution in [-0.2, 0) is 10.8 Å². The lowest BCUT2D eigenvalue weighted by Gasteiger charge is -2.43. The van der Waals surface area contributed by atoms with Gasteiger partial charge in [0.2, 0.25) is 0 Å². The zero-order valence-corrected chi connectivity index (χ0v) is 14.1. The van der Waals surface area contributed by atoms with E-state index < -0.39 is 0 Å². The van der Waals surface area contributed by atoms with Crippen LogP contribution in [-0.4, -0.2) is 0 Å². The molecule has 1 aliphatic carbocycles. The Kier molecular flexibility index (Phi) is 3.41. The number of fused-ring (bicyclic) bond motifs is 1. The first kappa shape index (κ1) is 14.7. The maximum Gasteiger partial charge on any atom is 0.0406 e. The molecule has 0 fully saturated rings. The van der Waals surface area contributed by atoms with Gasteiger partial charge in [0.15, 0.2) is 0 Å². The SMILES string of the molecule is CC1(C)CCC(C)(C)c2c(-c3ccc(Cl)cc3)cccc21. The van der Waals surface area contributed by atoms with Crippen LogP contribution in [0.2, 0.25) is 5.02 Å². The fourth-order valence-corrected chi connectivity index (χ4v) is 3.73. The number of rotatable bonds is 1. The summed E-state index contributed by atoms with van der Waals surface area (Å²) >= 11 is 6.04. The highest BCUT2D eigenvalue weighted by molar-refractivity contribution is 6.30. The first-order valence-electron chi connectivity index (χ1n) is 7.71. The van der Waals surface area contributed by atoms with Gasteiger partial charge in [-0.05, 0) is 58.1 Å². The molecule has 3 rings (SSSR count). The Labute approximate surface area is 133 Å². The Morgan fingerprint density at radius 2 is 1.43 bits per heavy atom. The molecule has 0 unspecified atom stereocenters. The molecule has 0 radical (unpaired) electrons. The van der Waals surface area contributed by atoms with Crippen LogP contribution < -0.4 is 0 Å². The lowest BCUT2D eigenvalue weighted by Crippen LogP contribution is -2.34. The molecule has 0 spiro atoms. The van der Waals surface area contributed by atoms with E-state index in [1.807, 2.05) is 12.1 Å². The van der Waals surface area contributed by atoms with E-state index in [9.17, 15) is 0 Å². The van der Waals surface area contributed by atoms with Gasteiger partial charge in [-0.2, -0.15) is 0 Å². The maximum absolute atomic E-state index is 6.04. The van der Waals surface area contributed by atoms with Crippen molar-refractivity contribution in [3.63, 3.8) is 0 Å². The van der Waals surface area contributed by atoms with E-state index in [-0.39, 0.29) is 10.8 Å². The summed E-state index contributed by atoms with van der Waals surface area (Å²) in [6, 6.07) is 15.0. The van der Waals surface area contributed by atoms with E-state index >= 15 is 0 Å². The quantitative estimate of drug-likeness (QED) is 0.575. The minimum absolute atomic E-state index is 0.223. The average molecular weight is 299 g/mol. The van der Waals surface area contributed by atoms with Gasteiger partial charge in [-0.15, -0.1) is 0 Å². The number of hydrogen-bond acceptors (Lipinski definition) is 0. The first-order chi connectivity index (χ1) is 9.81. The Morgan fingerprint density at radius 3 is 2.10 bits per heavy atom. The van der Waals surface area contributed by atoms with Gasteiger partial charge in [0.1, 0.15) is 0 Å². The topological polar surface area (TPSA) is 0 Å². The standard InChI is InChI=1S/C20H23Cl/c1-19(2)12-13-20(3,4)18-16(6-5-7-17(18)19)14-8-10-15(21)11-9-14/h5-11H,12-13H2,1-4H3. The molecule has 0 amide bonds. The van der Waals surface area contributed by atoms with Crippen LogP contribution in [0, 0.1) is 0 Å². The van der Waals surface area contributed by atoms with Crippen molar-refractivity contribution in [3.8, 4) is 11.1 Å². The summed E-state index contributed by atoms with van der Waals surface area (Å²) in [7, 11) is 0. The molecule has 0 N–H and O–H groups in total. The van der Waals surface area contributed by atoms with E-state index in [0.29, 0.717) is 0 Å². The minimum Gasteiger partial charge on any atom is -0.0843 e. The fourth-order valence-electron chi connectivity index (χ4n) is 3.60. The third-order valence-corrected chi connectivity index (χ3v) is 5.25. The molecule has 0 heterocycles. The van der Waals surface area contributed by atoms with Gasteiger partial charge in [-0.3, -0.25) is 0 Å². The number of hydrogen-bond donors (Lipinski definition) is 0. The minimum atomic E-state index is 0.223. The lowest BCUT2D eigenvalue weighted by molar-refractivity contribution is 0.333. The van der Waals surface area contributed by atoms with E-state index in [4.69, 9.17) is 11.6 Å². The molecule has 0 bridgehead atoms. The highest BCUT2D eigenvalue weighted by Crippen LogP contribution is 2.49. The average Bonchev–Trinajstić information content (AvgIpc) is 2.44. The molecule has 21 heavy (non-hydrogen) atoms. The molecule has 0 nitrogen and oxygen atoms in total.